The summed E-state index contributed by atoms with van der Waals surface area (Å²) < 4.78 is 0.526. The minimum Gasteiger partial charge on any atom is -0.338 e. The zero-order valence-electron chi connectivity index (χ0n) is 9.95. The van der Waals surface area contributed by atoms with E-state index in [1.54, 1.807) is 18.6 Å². The van der Waals surface area contributed by atoms with Gasteiger partial charge in [0.25, 0.3) is 0 Å². The molecule has 3 rings (SSSR count). The Kier molecular flexibility index (Phi) is 3.12. The van der Waals surface area contributed by atoms with Gasteiger partial charge in [-0.3, -0.25) is 4.98 Å². The van der Waals surface area contributed by atoms with Crippen molar-refractivity contribution in [1.29, 1.82) is 0 Å². The Bertz CT molecular complexity index is 677. The number of nitrogens with zero attached hydrogens (tertiary/aromatic N) is 3. The highest BCUT2D eigenvalue weighted by Gasteiger charge is 2.04. The van der Waals surface area contributed by atoms with Crippen molar-refractivity contribution in [2.75, 3.05) is 0 Å². The molecule has 4 nitrogen and oxygen atoms in total. The molecule has 0 bridgehead atoms. The fourth-order valence-corrected chi connectivity index (χ4v) is 1.98. The van der Waals surface area contributed by atoms with Gasteiger partial charge in [-0.05, 0) is 11.6 Å². The number of benzene rings is 1. The van der Waals surface area contributed by atoms with Crippen LogP contribution in [0.5, 0.6) is 0 Å². The predicted molar refractivity (Wildman–Crippen MR) is 75.9 cm³/mol. The highest BCUT2D eigenvalue weighted by Crippen LogP contribution is 2.19. The van der Waals surface area contributed by atoms with Crippen LogP contribution in [0.3, 0.4) is 0 Å². The van der Waals surface area contributed by atoms with Gasteiger partial charge in [-0.15, -0.1) is 0 Å². The normalized spacial score (nSPS) is 10.3. The van der Waals surface area contributed by atoms with Crippen LogP contribution < -0.4 is 0 Å². The smallest absolute Gasteiger partial charge is 0.159 e. The van der Waals surface area contributed by atoms with Crippen LogP contribution in [0.1, 0.15) is 0 Å². The molecule has 2 heterocycles. The highest BCUT2D eigenvalue weighted by molar-refractivity contribution is 7.71. The lowest BCUT2D eigenvalue weighted by atomic mass is 10.1. The number of rotatable bonds is 2. The van der Waals surface area contributed by atoms with Crippen LogP contribution in [-0.4, -0.2) is 19.9 Å². The Hall–Kier alpha value is -2.40. The maximum Gasteiger partial charge on any atom is 0.159 e. The van der Waals surface area contributed by atoms with Gasteiger partial charge in [0.15, 0.2) is 5.82 Å². The zero-order chi connectivity index (χ0) is 13.1. The number of aromatic nitrogens is 4. The molecule has 3 aromatic rings. The fourth-order valence-electron chi connectivity index (χ4n) is 1.77. The van der Waals surface area contributed by atoms with Gasteiger partial charge in [-0.1, -0.05) is 42.5 Å². The largest absolute Gasteiger partial charge is 0.338 e. The van der Waals surface area contributed by atoms with E-state index in [0.29, 0.717) is 16.2 Å². The Morgan fingerprint density at radius 2 is 1.89 bits per heavy atom. The van der Waals surface area contributed by atoms with Crippen LogP contribution >= 0.6 is 12.2 Å². The number of hydrogen-bond donors (Lipinski definition) is 1. The molecule has 0 radical (unpaired) electrons. The molecule has 0 unspecified atom stereocenters. The summed E-state index contributed by atoms with van der Waals surface area (Å²) in [7, 11) is 0. The minimum absolute atomic E-state index is 0.526. The van der Waals surface area contributed by atoms with Crippen LogP contribution in [-0.2, 0) is 0 Å². The summed E-state index contributed by atoms with van der Waals surface area (Å²) >= 11 is 5.21. The van der Waals surface area contributed by atoms with Crippen molar-refractivity contribution in [2.24, 2.45) is 0 Å². The molecule has 0 spiro atoms. The summed E-state index contributed by atoms with van der Waals surface area (Å²) in [5.41, 5.74) is 2.65. The molecule has 0 aliphatic rings. The molecule has 19 heavy (non-hydrogen) atoms. The summed E-state index contributed by atoms with van der Waals surface area (Å²) in [4.78, 5) is 15.8. The van der Waals surface area contributed by atoms with E-state index in [1.165, 1.54) is 0 Å². The molecule has 0 amide bonds. The monoisotopic (exact) mass is 266 g/mol. The molecular weight excluding hydrogens is 256 g/mol. The summed E-state index contributed by atoms with van der Waals surface area (Å²) in [6.45, 7) is 0. The molecule has 1 N–H and O–H groups in total. The SMILES string of the molecule is S=c1cc(-c2ccccc2)[nH]c(-c2cnccn2)n1. The van der Waals surface area contributed by atoms with E-state index in [9.17, 15) is 0 Å². The van der Waals surface area contributed by atoms with Crippen molar-refractivity contribution in [3.8, 4) is 22.8 Å². The number of aromatic amines is 1. The lowest BCUT2D eigenvalue weighted by Crippen LogP contribution is -1.95. The van der Waals surface area contributed by atoms with Gasteiger partial charge in [0.1, 0.15) is 10.3 Å². The number of hydrogen-bond acceptors (Lipinski definition) is 4. The predicted octanol–water partition coefficient (Wildman–Crippen LogP) is 3.26. The molecule has 0 saturated carbocycles. The summed E-state index contributed by atoms with van der Waals surface area (Å²) in [5.74, 6) is 0.624. The Morgan fingerprint density at radius 3 is 2.63 bits per heavy atom. The second-order valence-corrected chi connectivity index (χ2v) is 4.36. The van der Waals surface area contributed by atoms with Gasteiger partial charge in [-0.2, -0.15) is 0 Å². The van der Waals surface area contributed by atoms with Crippen LogP contribution in [0.15, 0.2) is 55.0 Å². The first kappa shape index (κ1) is 11.7. The molecule has 0 saturated heterocycles. The zero-order valence-corrected chi connectivity index (χ0v) is 10.8. The molecule has 92 valence electrons. The highest BCUT2D eigenvalue weighted by atomic mass is 32.1. The molecule has 2 aromatic heterocycles. The second kappa shape index (κ2) is 5.07. The summed E-state index contributed by atoms with van der Waals surface area (Å²) in [6, 6.07) is 11.8. The van der Waals surface area contributed by atoms with Gasteiger partial charge >= 0.3 is 0 Å². The van der Waals surface area contributed by atoms with E-state index in [4.69, 9.17) is 12.2 Å². The van der Waals surface area contributed by atoms with Crippen LogP contribution in [0, 0.1) is 4.64 Å². The van der Waals surface area contributed by atoms with Crippen molar-refractivity contribution in [2.45, 2.75) is 0 Å². The molecule has 5 heteroatoms. The Balaban J connectivity index is 2.15. The topological polar surface area (TPSA) is 54.5 Å². The van der Waals surface area contributed by atoms with E-state index in [0.717, 1.165) is 11.3 Å². The van der Waals surface area contributed by atoms with E-state index < -0.39 is 0 Å². The second-order valence-electron chi connectivity index (χ2n) is 3.94. The lowest BCUT2D eigenvalue weighted by molar-refractivity contribution is 1.10. The summed E-state index contributed by atoms with van der Waals surface area (Å²) in [5, 5.41) is 0. The number of H-pyrrole nitrogens is 1. The number of nitrogens with one attached hydrogen (secondary N) is 1. The van der Waals surface area contributed by atoms with Gasteiger partial charge in [0.2, 0.25) is 0 Å². The lowest BCUT2D eigenvalue weighted by Gasteiger charge is -2.05. The van der Waals surface area contributed by atoms with Crippen molar-refractivity contribution in [3.63, 3.8) is 0 Å². The van der Waals surface area contributed by atoms with E-state index in [-0.39, 0.29) is 0 Å². The Morgan fingerprint density at radius 1 is 1.05 bits per heavy atom. The van der Waals surface area contributed by atoms with Gasteiger partial charge in [0.05, 0.1) is 6.20 Å². The molecule has 0 aliphatic heterocycles. The first-order chi connectivity index (χ1) is 9.33. The van der Waals surface area contributed by atoms with E-state index in [2.05, 4.69) is 19.9 Å². The van der Waals surface area contributed by atoms with Gasteiger partial charge in [-0.25, -0.2) is 9.97 Å². The van der Waals surface area contributed by atoms with Crippen molar-refractivity contribution in [1.82, 2.24) is 19.9 Å². The molecule has 0 aliphatic carbocycles. The molecule has 0 atom stereocenters. The Labute approximate surface area is 115 Å². The van der Waals surface area contributed by atoms with E-state index in [1.807, 2.05) is 36.4 Å². The average molecular weight is 266 g/mol. The fraction of sp³-hybridized carbons (Fsp3) is 0. The third-order valence-electron chi connectivity index (χ3n) is 2.63. The van der Waals surface area contributed by atoms with Crippen LogP contribution in [0.25, 0.3) is 22.8 Å². The standard InChI is InChI=1S/C14H10N4S/c19-13-8-11(10-4-2-1-3-5-10)17-14(18-13)12-9-15-6-7-16-12/h1-9H,(H,17,18,19). The summed E-state index contributed by atoms with van der Waals surface area (Å²) in [6.07, 6.45) is 4.91. The molecular formula is C14H10N4S. The first-order valence-electron chi connectivity index (χ1n) is 5.76. The minimum atomic E-state index is 0.526. The maximum absolute atomic E-state index is 5.21. The average Bonchev–Trinajstić information content (AvgIpc) is 2.48. The third kappa shape index (κ3) is 2.56. The van der Waals surface area contributed by atoms with Crippen LogP contribution in [0.4, 0.5) is 0 Å². The quantitative estimate of drug-likeness (QED) is 0.723. The first-order valence-corrected chi connectivity index (χ1v) is 6.17. The van der Waals surface area contributed by atoms with Gasteiger partial charge in [0, 0.05) is 18.1 Å². The van der Waals surface area contributed by atoms with Crippen LogP contribution in [0.2, 0.25) is 0 Å². The van der Waals surface area contributed by atoms with Crippen molar-refractivity contribution >= 4 is 12.2 Å². The van der Waals surface area contributed by atoms with Crippen molar-refractivity contribution in [3.05, 3.63) is 59.6 Å². The molecule has 1 aromatic carbocycles. The van der Waals surface area contributed by atoms with Gasteiger partial charge < -0.3 is 4.98 Å². The van der Waals surface area contributed by atoms with E-state index >= 15 is 0 Å². The third-order valence-corrected chi connectivity index (χ3v) is 2.84. The maximum atomic E-state index is 5.21. The van der Waals surface area contributed by atoms with Crippen molar-refractivity contribution < 1.29 is 0 Å². The molecule has 0 fully saturated rings.